The maximum absolute atomic E-state index is 15.2. The van der Waals surface area contributed by atoms with Crippen LogP contribution in [0.3, 0.4) is 0 Å². The second-order valence-electron chi connectivity index (χ2n) is 11.1. The standard InChI is InChI=1S/C35H34FN3O4/c36-32-21-26(39-18-16-38(17-19-39)22-24-8-2-1-3-9-24)15-14-25(32)20-33(34(40)41)37-35(42)43-23-31-29-12-6-4-10-27(29)28-11-5-7-13-30(28)31/h1-15,21,31,33H,16-20,22-23H2,(H,37,42)(H,40,41). The molecule has 1 fully saturated rings. The Bertz CT molecular complexity index is 1560. The fourth-order valence-electron chi connectivity index (χ4n) is 6.11. The van der Waals surface area contributed by atoms with Gasteiger partial charge in [-0.3, -0.25) is 4.90 Å². The van der Waals surface area contributed by atoms with E-state index in [0.717, 1.165) is 60.7 Å². The third-order valence-electron chi connectivity index (χ3n) is 8.38. The van der Waals surface area contributed by atoms with Crippen LogP contribution in [0.15, 0.2) is 97.1 Å². The number of hydrogen-bond donors (Lipinski definition) is 2. The van der Waals surface area contributed by atoms with Gasteiger partial charge in [-0.1, -0.05) is 84.9 Å². The Morgan fingerprint density at radius 3 is 2.12 bits per heavy atom. The van der Waals surface area contributed by atoms with Gasteiger partial charge in [0.2, 0.25) is 0 Å². The van der Waals surface area contributed by atoms with Gasteiger partial charge in [0, 0.05) is 50.7 Å². The predicted molar refractivity (Wildman–Crippen MR) is 164 cm³/mol. The van der Waals surface area contributed by atoms with E-state index in [1.54, 1.807) is 6.07 Å². The number of amides is 1. The molecule has 1 aliphatic heterocycles. The van der Waals surface area contributed by atoms with E-state index in [2.05, 4.69) is 27.2 Å². The summed E-state index contributed by atoms with van der Waals surface area (Å²) in [7, 11) is 0. The largest absolute Gasteiger partial charge is 0.480 e. The van der Waals surface area contributed by atoms with Gasteiger partial charge in [-0.05, 0) is 45.5 Å². The number of anilines is 1. The molecule has 4 aromatic carbocycles. The average molecular weight is 580 g/mol. The summed E-state index contributed by atoms with van der Waals surface area (Å²) in [6.45, 7) is 4.22. The summed E-state index contributed by atoms with van der Waals surface area (Å²) < 4.78 is 20.7. The number of nitrogens with one attached hydrogen (secondary N) is 1. The summed E-state index contributed by atoms with van der Waals surface area (Å²) in [5.74, 6) is -1.90. The highest BCUT2D eigenvalue weighted by molar-refractivity contribution is 5.81. The quantitative estimate of drug-likeness (QED) is 0.266. The number of hydrogen-bond acceptors (Lipinski definition) is 5. The van der Waals surface area contributed by atoms with Crippen molar-refractivity contribution >= 4 is 17.7 Å². The highest BCUT2D eigenvalue weighted by Crippen LogP contribution is 2.44. The normalized spacial score (nSPS) is 15.4. The first-order valence-corrected chi connectivity index (χ1v) is 14.6. The molecule has 8 heteroatoms. The van der Waals surface area contributed by atoms with E-state index in [1.165, 1.54) is 11.6 Å². The molecule has 1 saturated heterocycles. The predicted octanol–water partition coefficient (Wildman–Crippen LogP) is 5.68. The Morgan fingerprint density at radius 2 is 1.49 bits per heavy atom. The number of piperazine rings is 1. The van der Waals surface area contributed by atoms with Crippen LogP contribution in [0.5, 0.6) is 0 Å². The molecule has 220 valence electrons. The van der Waals surface area contributed by atoms with Gasteiger partial charge >= 0.3 is 12.1 Å². The van der Waals surface area contributed by atoms with Gasteiger partial charge in [-0.15, -0.1) is 0 Å². The van der Waals surface area contributed by atoms with Gasteiger partial charge in [-0.25, -0.2) is 14.0 Å². The molecule has 1 atom stereocenters. The summed E-state index contributed by atoms with van der Waals surface area (Å²) in [5, 5.41) is 12.2. The third-order valence-corrected chi connectivity index (χ3v) is 8.38. The second kappa shape index (κ2) is 12.7. The lowest BCUT2D eigenvalue weighted by atomic mass is 9.98. The van der Waals surface area contributed by atoms with Crippen molar-refractivity contribution in [1.29, 1.82) is 0 Å². The van der Waals surface area contributed by atoms with E-state index >= 15 is 4.39 Å². The highest BCUT2D eigenvalue weighted by Gasteiger charge is 2.30. The number of alkyl carbamates (subject to hydrolysis) is 1. The van der Waals surface area contributed by atoms with Crippen molar-refractivity contribution in [1.82, 2.24) is 10.2 Å². The van der Waals surface area contributed by atoms with E-state index in [4.69, 9.17) is 4.74 Å². The van der Waals surface area contributed by atoms with Gasteiger partial charge in [0.25, 0.3) is 0 Å². The number of carbonyl (C=O) groups excluding carboxylic acids is 1. The molecular weight excluding hydrogens is 545 g/mol. The molecule has 4 aromatic rings. The SMILES string of the molecule is O=C(NC(Cc1ccc(N2CCN(Cc3ccccc3)CC2)cc1F)C(=O)O)OCC1c2ccccc2-c2ccccc21. The van der Waals surface area contributed by atoms with Crippen LogP contribution in [-0.4, -0.2) is 60.9 Å². The minimum atomic E-state index is -1.34. The number of rotatable bonds is 9. The zero-order valence-electron chi connectivity index (χ0n) is 23.8. The molecule has 1 unspecified atom stereocenters. The zero-order chi connectivity index (χ0) is 29.8. The van der Waals surface area contributed by atoms with E-state index < -0.39 is 23.9 Å². The van der Waals surface area contributed by atoms with Crippen molar-refractivity contribution < 1.29 is 23.8 Å². The van der Waals surface area contributed by atoms with Gasteiger partial charge in [-0.2, -0.15) is 0 Å². The molecular formula is C35H34FN3O4. The first kappa shape index (κ1) is 28.4. The van der Waals surface area contributed by atoms with Crippen molar-refractivity contribution in [2.45, 2.75) is 24.9 Å². The number of halogens is 1. The highest BCUT2D eigenvalue weighted by atomic mass is 19.1. The van der Waals surface area contributed by atoms with Crippen LogP contribution in [0.1, 0.15) is 28.2 Å². The van der Waals surface area contributed by atoms with Crippen LogP contribution in [0.25, 0.3) is 11.1 Å². The van der Waals surface area contributed by atoms with E-state index in [0.29, 0.717) is 0 Å². The number of carboxylic acids is 1. The maximum atomic E-state index is 15.2. The van der Waals surface area contributed by atoms with Crippen LogP contribution >= 0.6 is 0 Å². The smallest absolute Gasteiger partial charge is 0.407 e. The van der Waals surface area contributed by atoms with Gasteiger partial charge < -0.3 is 20.1 Å². The lowest BCUT2D eigenvalue weighted by Crippen LogP contribution is -2.46. The molecule has 1 amide bonds. The molecule has 43 heavy (non-hydrogen) atoms. The summed E-state index contributed by atoms with van der Waals surface area (Å²) in [6.07, 6.45) is -1.05. The third kappa shape index (κ3) is 6.39. The Hall–Kier alpha value is -4.69. The first-order chi connectivity index (χ1) is 21.0. The number of nitrogens with zero attached hydrogens (tertiary/aromatic N) is 2. The van der Waals surface area contributed by atoms with Crippen molar-refractivity contribution in [3.8, 4) is 11.1 Å². The van der Waals surface area contributed by atoms with E-state index in [1.807, 2.05) is 72.8 Å². The summed E-state index contributed by atoms with van der Waals surface area (Å²) in [6, 6.07) is 29.8. The Labute approximate surface area is 250 Å². The first-order valence-electron chi connectivity index (χ1n) is 14.6. The van der Waals surface area contributed by atoms with E-state index in [-0.39, 0.29) is 24.5 Å². The van der Waals surface area contributed by atoms with Crippen LogP contribution in [0.2, 0.25) is 0 Å². The number of aliphatic carboxylic acids is 1. The van der Waals surface area contributed by atoms with Gasteiger partial charge in [0.05, 0.1) is 0 Å². The summed E-state index contributed by atoms with van der Waals surface area (Å²) in [5.41, 5.74) is 6.57. The zero-order valence-corrected chi connectivity index (χ0v) is 23.8. The lowest BCUT2D eigenvalue weighted by Gasteiger charge is -2.36. The van der Waals surface area contributed by atoms with E-state index in [9.17, 15) is 14.7 Å². The molecule has 0 bridgehead atoms. The molecule has 6 rings (SSSR count). The van der Waals surface area contributed by atoms with Crippen LogP contribution in [-0.2, 0) is 22.5 Å². The van der Waals surface area contributed by atoms with Crippen molar-refractivity contribution in [2.75, 3.05) is 37.7 Å². The number of benzene rings is 4. The molecule has 2 aliphatic rings. The number of carboxylic acid groups (broad SMARTS) is 1. The molecule has 0 saturated carbocycles. The van der Waals surface area contributed by atoms with Crippen LogP contribution in [0, 0.1) is 5.82 Å². The van der Waals surface area contributed by atoms with Gasteiger partial charge in [0.15, 0.2) is 0 Å². The number of ether oxygens (including phenoxy) is 1. The molecule has 1 aliphatic carbocycles. The monoisotopic (exact) mass is 579 g/mol. The number of fused-ring (bicyclic) bond motifs is 3. The van der Waals surface area contributed by atoms with Crippen molar-refractivity contribution in [3.63, 3.8) is 0 Å². The summed E-state index contributed by atoms with van der Waals surface area (Å²) >= 11 is 0. The molecule has 0 spiro atoms. The minimum Gasteiger partial charge on any atom is -0.480 e. The second-order valence-corrected chi connectivity index (χ2v) is 11.1. The van der Waals surface area contributed by atoms with Gasteiger partial charge in [0.1, 0.15) is 18.5 Å². The molecule has 0 radical (unpaired) electrons. The maximum Gasteiger partial charge on any atom is 0.407 e. The Balaban J connectivity index is 1.04. The van der Waals surface area contributed by atoms with Crippen molar-refractivity contribution in [3.05, 3.63) is 125 Å². The molecule has 0 aromatic heterocycles. The topological polar surface area (TPSA) is 82.1 Å². The Kier molecular flexibility index (Phi) is 8.38. The molecule has 1 heterocycles. The Morgan fingerprint density at radius 1 is 0.860 bits per heavy atom. The average Bonchev–Trinajstić information content (AvgIpc) is 3.35. The molecule has 7 nitrogen and oxygen atoms in total. The summed E-state index contributed by atoms with van der Waals surface area (Å²) in [4.78, 5) is 29.2. The fraction of sp³-hybridized carbons (Fsp3) is 0.257. The van der Waals surface area contributed by atoms with Crippen molar-refractivity contribution in [2.24, 2.45) is 0 Å². The van der Waals surface area contributed by atoms with Crippen LogP contribution < -0.4 is 10.2 Å². The lowest BCUT2D eigenvalue weighted by molar-refractivity contribution is -0.139. The fourth-order valence-corrected chi connectivity index (χ4v) is 6.11. The minimum absolute atomic E-state index is 0.0634. The van der Waals surface area contributed by atoms with Crippen LogP contribution in [0.4, 0.5) is 14.9 Å². The molecule has 2 N–H and O–H groups in total. The number of carbonyl (C=O) groups is 2.